The van der Waals surface area contributed by atoms with Gasteiger partial charge in [-0.25, -0.2) is 0 Å². The summed E-state index contributed by atoms with van der Waals surface area (Å²) in [7, 11) is 5.43. The van der Waals surface area contributed by atoms with E-state index in [1.165, 1.54) is 0 Å². The van der Waals surface area contributed by atoms with Crippen molar-refractivity contribution in [3.63, 3.8) is 0 Å². The number of carbonyl (C=O) groups excluding carboxylic acids is 1. The molecule has 1 atom stereocenters. The standard InChI is InChI=1S/C23H25ClN2O4/c1-26(2)19(20-5-4-12-29-20)14-25-23(27)17-8-11-21(22(13-17)28-3)30-15-16-6-9-18(24)10-7-16/h4-13,19H,14-15H2,1-3H3,(H,25,27)/t19-/m1/s1. The van der Waals surface area contributed by atoms with Crippen LogP contribution in [0.15, 0.2) is 65.3 Å². The normalized spacial score (nSPS) is 11.9. The fraction of sp³-hybridized carbons (Fsp3) is 0.261. The largest absolute Gasteiger partial charge is 0.493 e. The zero-order chi connectivity index (χ0) is 21.5. The van der Waals surface area contributed by atoms with Gasteiger partial charge in [-0.05, 0) is 62.1 Å². The molecule has 0 saturated carbocycles. The monoisotopic (exact) mass is 428 g/mol. The molecule has 1 aromatic heterocycles. The molecule has 6 nitrogen and oxygen atoms in total. The van der Waals surface area contributed by atoms with Crippen molar-refractivity contribution in [2.75, 3.05) is 27.7 Å². The molecule has 0 aliphatic rings. The molecular formula is C23H25ClN2O4. The van der Waals surface area contributed by atoms with Crippen LogP contribution in [-0.4, -0.2) is 38.6 Å². The third-order valence-electron chi connectivity index (χ3n) is 4.68. The first kappa shape index (κ1) is 21.7. The number of nitrogens with zero attached hydrogens (tertiary/aromatic N) is 1. The lowest BCUT2D eigenvalue weighted by molar-refractivity contribution is 0.0938. The number of ether oxygens (including phenoxy) is 2. The van der Waals surface area contributed by atoms with E-state index < -0.39 is 0 Å². The maximum Gasteiger partial charge on any atom is 0.251 e. The topological polar surface area (TPSA) is 63.9 Å². The van der Waals surface area contributed by atoms with E-state index in [-0.39, 0.29) is 11.9 Å². The highest BCUT2D eigenvalue weighted by Crippen LogP contribution is 2.29. The average molecular weight is 429 g/mol. The lowest BCUT2D eigenvalue weighted by atomic mass is 10.1. The number of benzene rings is 2. The van der Waals surface area contributed by atoms with Crippen LogP contribution in [0.5, 0.6) is 11.5 Å². The number of halogens is 1. The lowest BCUT2D eigenvalue weighted by Gasteiger charge is -2.22. The Kier molecular flexibility index (Phi) is 7.38. The van der Waals surface area contributed by atoms with Crippen molar-refractivity contribution in [1.29, 1.82) is 0 Å². The predicted octanol–water partition coefficient (Wildman–Crippen LogP) is 4.55. The lowest BCUT2D eigenvalue weighted by Crippen LogP contribution is -2.34. The fourth-order valence-electron chi connectivity index (χ4n) is 2.98. The minimum atomic E-state index is -0.198. The number of hydrogen-bond acceptors (Lipinski definition) is 5. The Labute approximate surface area is 181 Å². The number of likely N-dealkylation sites (N-methyl/N-ethyl adjacent to an activating group) is 1. The van der Waals surface area contributed by atoms with Gasteiger partial charge in [0.25, 0.3) is 5.91 Å². The van der Waals surface area contributed by atoms with Crippen molar-refractivity contribution in [2.45, 2.75) is 12.6 Å². The highest BCUT2D eigenvalue weighted by atomic mass is 35.5. The minimum Gasteiger partial charge on any atom is -0.493 e. The summed E-state index contributed by atoms with van der Waals surface area (Å²) in [6.45, 7) is 0.781. The molecule has 0 aliphatic carbocycles. The first-order chi connectivity index (χ1) is 14.5. The van der Waals surface area contributed by atoms with E-state index >= 15 is 0 Å². The molecule has 0 aliphatic heterocycles. The number of carbonyl (C=O) groups is 1. The van der Waals surface area contributed by atoms with E-state index in [9.17, 15) is 4.79 Å². The first-order valence-electron chi connectivity index (χ1n) is 9.51. The zero-order valence-electron chi connectivity index (χ0n) is 17.2. The first-order valence-corrected chi connectivity index (χ1v) is 9.89. The molecule has 3 aromatic rings. The van der Waals surface area contributed by atoms with Crippen molar-refractivity contribution >= 4 is 17.5 Å². The van der Waals surface area contributed by atoms with Gasteiger partial charge >= 0.3 is 0 Å². The second kappa shape index (κ2) is 10.2. The Hall–Kier alpha value is -2.96. The summed E-state index contributed by atoms with van der Waals surface area (Å²) in [5.74, 6) is 1.65. The van der Waals surface area contributed by atoms with Crippen molar-refractivity contribution in [1.82, 2.24) is 10.2 Å². The van der Waals surface area contributed by atoms with E-state index in [0.29, 0.717) is 35.2 Å². The van der Waals surface area contributed by atoms with Crippen LogP contribution in [0.4, 0.5) is 0 Å². The average Bonchev–Trinajstić information content (AvgIpc) is 3.27. The van der Waals surface area contributed by atoms with Crippen molar-refractivity contribution < 1.29 is 18.7 Å². The molecule has 2 aromatic carbocycles. The van der Waals surface area contributed by atoms with Crippen LogP contribution in [0, 0.1) is 0 Å². The SMILES string of the molecule is COc1cc(C(=O)NC[C@H](c2ccco2)N(C)C)ccc1OCc1ccc(Cl)cc1. The van der Waals surface area contributed by atoms with Crippen LogP contribution in [-0.2, 0) is 6.61 Å². The molecule has 1 amide bonds. The van der Waals surface area contributed by atoms with Crippen LogP contribution in [0.25, 0.3) is 0 Å². The smallest absolute Gasteiger partial charge is 0.251 e. The molecule has 0 fully saturated rings. The van der Waals surface area contributed by atoms with Crippen LogP contribution in [0.3, 0.4) is 0 Å². The van der Waals surface area contributed by atoms with Crippen LogP contribution >= 0.6 is 11.6 Å². The van der Waals surface area contributed by atoms with Gasteiger partial charge in [-0.2, -0.15) is 0 Å². The molecule has 0 spiro atoms. The number of amides is 1. The molecule has 158 valence electrons. The summed E-state index contributed by atoms with van der Waals surface area (Å²) >= 11 is 5.91. The molecule has 1 heterocycles. The van der Waals surface area contributed by atoms with Crippen LogP contribution in [0.1, 0.15) is 27.7 Å². The summed E-state index contributed by atoms with van der Waals surface area (Å²) in [5.41, 5.74) is 1.47. The van der Waals surface area contributed by atoms with Gasteiger partial charge in [-0.3, -0.25) is 9.69 Å². The number of methoxy groups -OCH3 is 1. The van der Waals surface area contributed by atoms with Gasteiger partial charge in [-0.1, -0.05) is 23.7 Å². The molecule has 7 heteroatoms. The Bertz CT molecular complexity index is 956. The van der Waals surface area contributed by atoms with Gasteiger partial charge in [0.05, 0.1) is 19.4 Å². The highest BCUT2D eigenvalue weighted by molar-refractivity contribution is 6.30. The number of hydrogen-bond donors (Lipinski definition) is 1. The molecule has 1 N–H and O–H groups in total. The Morgan fingerprint density at radius 3 is 2.53 bits per heavy atom. The third-order valence-corrected chi connectivity index (χ3v) is 4.94. The van der Waals surface area contributed by atoms with E-state index in [0.717, 1.165) is 11.3 Å². The van der Waals surface area contributed by atoms with E-state index in [1.54, 1.807) is 31.6 Å². The van der Waals surface area contributed by atoms with E-state index in [2.05, 4.69) is 5.32 Å². The van der Waals surface area contributed by atoms with Gasteiger partial charge in [0, 0.05) is 17.1 Å². The molecule has 0 unspecified atom stereocenters. The van der Waals surface area contributed by atoms with Gasteiger partial charge in [0.1, 0.15) is 12.4 Å². The van der Waals surface area contributed by atoms with Crippen molar-refractivity contribution in [3.05, 3.63) is 82.8 Å². The Balaban J connectivity index is 1.64. The molecular weight excluding hydrogens is 404 g/mol. The molecule has 0 radical (unpaired) electrons. The molecule has 0 saturated heterocycles. The Morgan fingerprint density at radius 2 is 1.90 bits per heavy atom. The third kappa shape index (κ3) is 5.55. The van der Waals surface area contributed by atoms with Gasteiger partial charge in [0.2, 0.25) is 0 Å². The minimum absolute atomic E-state index is 0.0622. The summed E-state index contributed by atoms with van der Waals surface area (Å²) < 4.78 is 16.7. The van der Waals surface area contributed by atoms with Gasteiger partial charge < -0.3 is 19.2 Å². The van der Waals surface area contributed by atoms with E-state index in [1.807, 2.05) is 55.4 Å². The zero-order valence-corrected chi connectivity index (χ0v) is 18.0. The van der Waals surface area contributed by atoms with Crippen molar-refractivity contribution in [2.24, 2.45) is 0 Å². The molecule has 3 rings (SSSR count). The second-order valence-electron chi connectivity index (χ2n) is 6.99. The predicted molar refractivity (Wildman–Crippen MR) is 116 cm³/mol. The van der Waals surface area contributed by atoms with Gasteiger partial charge in [-0.15, -0.1) is 0 Å². The summed E-state index contributed by atoms with van der Waals surface area (Å²) in [6, 6.07) is 16.2. The second-order valence-corrected chi connectivity index (χ2v) is 7.42. The maximum absolute atomic E-state index is 12.7. The fourth-order valence-corrected chi connectivity index (χ4v) is 3.11. The van der Waals surface area contributed by atoms with Gasteiger partial charge in [0.15, 0.2) is 11.5 Å². The summed E-state index contributed by atoms with van der Waals surface area (Å²) in [4.78, 5) is 14.7. The highest BCUT2D eigenvalue weighted by Gasteiger charge is 2.19. The van der Waals surface area contributed by atoms with Crippen LogP contribution < -0.4 is 14.8 Å². The molecule has 30 heavy (non-hydrogen) atoms. The van der Waals surface area contributed by atoms with Crippen molar-refractivity contribution in [3.8, 4) is 11.5 Å². The number of furan rings is 1. The van der Waals surface area contributed by atoms with E-state index in [4.69, 9.17) is 25.5 Å². The molecule has 0 bridgehead atoms. The van der Waals surface area contributed by atoms with Crippen LogP contribution in [0.2, 0.25) is 5.02 Å². The number of rotatable bonds is 9. The summed E-state index contributed by atoms with van der Waals surface area (Å²) in [6.07, 6.45) is 1.63. The Morgan fingerprint density at radius 1 is 1.13 bits per heavy atom. The maximum atomic E-state index is 12.7. The number of nitrogens with one attached hydrogen (secondary N) is 1. The summed E-state index contributed by atoms with van der Waals surface area (Å²) in [5, 5.41) is 3.63. The quantitative estimate of drug-likeness (QED) is 0.541.